The van der Waals surface area contributed by atoms with Crippen molar-refractivity contribution in [3.8, 4) is 17.2 Å². The Labute approximate surface area is 166 Å². The van der Waals surface area contributed by atoms with Gasteiger partial charge < -0.3 is 16.4 Å². The van der Waals surface area contributed by atoms with Crippen LogP contribution in [0.4, 0.5) is 5.69 Å². The van der Waals surface area contributed by atoms with Crippen LogP contribution in [0.2, 0.25) is 0 Å². The Hall–Kier alpha value is -4.12. The predicted octanol–water partition coefficient (Wildman–Crippen LogP) is 1.96. The molecule has 0 bridgehead atoms. The smallest absolute Gasteiger partial charge is 0.256 e. The van der Waals surface area contributed by atoms with E-state index in [0.29, 0.717) is 34.3 Å². The maximum atomic E-state index is 12.9. The van der Waals surface area contributed by atoms with E-state index < -0.39 is 5.91 Å². The molecule has 144 valence electrons. The highest BCUT2D eigenvalue weighted by Crippen LogP contribution is 2.38. The fourth-order valence-electron chi connectivity index (χ4n) is 3.77. The Morgan fingerprint density at radius 1 is 1.38 bits per heavy atom. The standard InChI is InChI=1S/C21H18N6O2/c1-11(7-22)9-27-10-16-13(3-4-17(23)19(16)21(27)29)12-5-14(20(24)28)15-8-25-26(2)18(15)6-12/h3-6,8H,1,9-10,23H2,2H3,(H2,24,28). The minimum absolute atomic E-state index is 0.135. The minimum atomic E-state index is -0.556. The maximum absolute atomic E-state index is 12.9. The third-order valence-electron chi connectivity index (χ3n) is 5.18. The number of carbonyl (C=O) groups excluding carboxylic acids is 2. The number of benzene rings is 2. The molecule has 0 atom stereocenters. The van der Waals surface area contributed by atoms with Crippen molar-refractivity contribution in [3.63, 3.8) is 0 Å². The van der Waals surface area contributed by atoms with Crippen LogP contribution in [0.25, 0.3) is 22.0 Å². The molecule has 2 aromatic carbocycles. The molecule has 1 aromatic heterocycles. The molecule has 4 N–H and O–H groups in total. The predicted molar refractivity (Wildman–Crippen MR) is 109 cm³/mol. The van der Waals surface area contributed by atoms with Crippen LogP contribution in [0.15, 0.2) is 42.6 Å². The van der Waals surface area contributed by atoms with Crippen molar-refractivity contribution in [2.75, 3.05) is 12.3 Å². The van der Waals surface area contributed by atoms with Gasteiger partial charge in [0.05, 0.1) is 35.5 Å². The van der Waals surface area contributed by atoms with E-state index in [1.807, 2.05) is 18.2 Å². The summed E-state index contributed by atoms with van der Waals surface area (Å²) < 4.78 is 1.66. The number of nitrogen functional groups attached to an aromatic ring is 1. The lowest BCUT2D eigenvalue weighted by Crippen LogP contribution is -2.26. The molecule has 3 aromatic rings. The van der Waals surface area contributed by atoms with Gasteiger partial charge in [0.1, 0.15) is 0 Å². The molecule has 0 unspecified atom stereocenters. The summed E-state index contributed by atoms with van der Waals surface area (Å²) in [6, 6.07) is 9.07. The number of carbonyl (C=O) groups is 2. The van der Waals surface area contributed by atoms with Gasteiger partial charge >= 0.3 is 0 Å². The zero-order valence-electron chi connectivity index (χ0n) is 15.8. The summed E-state index contributed by atoms with van der Waals surface area (Å²) >= 11 is 0. The molecular formula is C21H18N6O2. The molecular weight excluding hydrogens is 368 g/mol. The highest BCUT2D eigenvalue weighted by Gasteiger charge is 2.32. The van der Waals surface area contributed by atoms with Crippen molar-refractivity contribution in [3.05, 3.63) is 59.3 Å². The van der Waals surface area contributed by atoms with Crippen LogP contribution in [0.3, 0.4) is 0 Å². The van der Waals surface area contributed by atoms with Gasteiger partial charge in [0, 0.05) is 30.2 Å². The van der Waals surface area contributed by atoms with E-state index in [1.165, 1.54) is 4.90 Å². The Balaban J connectivity index is 1.90. The topological polar surface area (TPSA) is 131 Å². The van der Waals surface area contributed by atoms with Gasteiger partial charge in [-0.15, -0.1) is 0 Å². The van der Waals surface area contributed by atoms with E-state index >= 15 is 0 Å². The number of primary amides is 1. The van der Waals surface area contributed by atoms with Gasteiger partial charge in [-0.3, -0.25) is 14.3 Å². The molecule has 0 radical (unpaired) electrons. The molecule has 0 saturated heterocycles. The number of nitriles is 1. The second kappa shape index (κ2) is 6.49. The third-order valence-corrected chi connectivity index (χ3v) is 5.18. The number of anilines is 1. The van der Waals surface area contributed by atoms with E-state index in [0.717, 1.165) is 22.2 Å². The first-order valence-corrected chi connectivity index (χ1v) is 8.86. The fraction of sp³-hybridized carbons (Fsp3) is 0.143. The summed E-state index contributed by atoms with van der Waals surface area (Å²) in [5.41, 5.74) is 16.1. The minimum Gasteiger partial charge on any atom is -0.398 e. The average molecular weight is 386 g/mol. The first-order chi connectivity index (χ1) is 13.8. The highest BCUT2D eigenvalue weighted by molar-refractivity contribution is 6.09. The van der Waals surface area contributed by atoms with Crippen LogP contribution in [-0.4, -0.2) is 33.0 Å². The summed E-state index contributed by atoms with van der Waals surface area (Å²) in [6.45, 7) is 4.09. The van der Waals surface area contributed by atoms with Crippen molar-refractivity contribution in [2.24, 2.45) is 12.8 Å². The Morgan fingerprint density at radius 3 is 2.83 bits per heavy atom. The van der Waals surface area contributed by atoms with Gasteiger partial charge in [-0.1, -0.05) is 12.6 Å². The molecule has 29 heavy (non-hydrogen) atoms. The third kappa shape index (κ3) is 2.80. The van der Waals surface area contributed by atoms with E-state index in [4.69, 9.17) is 16.7 Å². The second-order valence-electron chi connectivity index (χ2n) is 7.02. The summed E-state index contributed by atoms with van der Waals surface area (Å²) in [5, 5.41) is 13.9. The summed E-state index contributed by atoms with van der Waals surface area (Å²) in [4.78, 5) is 26.4. The summed E-state index contributed by atoms with van der Waals surface area (Å²) in [6.07, 6.45) is 1.60. The highest BCUT2D eigenvalue weighted by atomic mass is 16.2. The molecule has 2 amide bonds. The molecule has 0 aliphatic carbocycles. The zero-order chi connectivity index (χ0) is 20.9. The molecule has 1 aliphatic heterocycles. The number of nitrogens with zero attached hydrogens (tertiary/aromatic N) is 4. The Bertz CT molecular complexity index is 1260. The van der Waals surface area contributed by atoms with Crippen molar-refractivity contribution >= 4 is 28.4 Å². The van der Waals surface area contributed by atoms with Crippen LogP contribution < -0.4 is 11.5 Å². The van der Waals surface area contributed by atoms with Crippen LogP contribution in [0.5, 0.6) is 0 Å². The van der Waals surface area contributed by atoms with E-state index in [2.05, 4.69) is 11.7 Å². The quantitative estimate of drug-likeness (QED) is 0.523. The first-order valence-electron chi connectivity index (χ1n) is 8.86. The first kappa shape index (κ1) is 18.3. The van der Waals surface area contributed by atoms with Crippen LogP contribution in [-0.2, 0) is 13.6 Å². The average Bonchev–Trinajstić information content (AvgIpc) is 3.22. The molecule has 0 spiro atoms. The van der Waals surface area contributed by atoms with E-state index in [-0.39, 0.29) is 12.5 Å². The number of fused-ring (bicyclic) bond motifs is 2. The molecule has 2 heterocycles. The van der Waals surface area contributed by atoms with Crippen molar-refractivity contribution in [1.29, 1.82) is 5.26 Å². The molecule has 8 heteroatoms. The van der Waals surface area contributed by atoms with Gasteiger partial charge in [0.25, 0.3) is 5.91 Å². The maximum Gasteiger partial charge on any atom is 0.256 e. The van der Waals surface area contributed by atoms with Gasteiger partial charge in [-0.2, -0.15) is 10.4 Å². The van der Waals surface area contributed by atoms with Crippen molar-refractivity contribution in [2.45, 2.75) is 6.54 Å². The molecule has 4 rings (SSSR count). The second-order valence-corrected chi connectivity index (χ2v) is 7.02. The fourth-order valence-corrected chi connectivity index (χ4v) is 3.77. The number of aromatic nitrogens is 2. The Morgan fingerprint density at radius 2 is 2.14 bits per heavy atom. The van der Waals surface area contributed by atoms with Crippen molar-refractivity contribution < 1.29 is 9.59 Å². The molecule has 0 fully saturated rings. The number of rotatable bonds is 4. The number of nitrogens with two attached hydrogens (primary N) is 2. The Kier molecular flexibility index (Phi) is 4.09. The zero-order valence-corrected chi connectivity index (χ0v) is 15.8. The SMILES string of the molecule is C=C(C#N)CN1Cc2c(-c3cc(C(N)=O)c4cnn(C)c4c3)ccc(N)c2C1=O. The summed E-state index contributed by atoms with van der Waals surface area (Å²) in [5.74, 6) is -0.799. The molecule has 0 saturated carbocycles. The number of amides is 2. The monoisotopic (exact) mass is 386 g/mol. The van der Waals surface area contributed by atoms with Gasteiger partial charge in [0.15, 0.2) is 0 Å². The normalized spacial score (nSPS) is 12.8. The van der Waals surface area contributed by atoms with Gasteiger partial charge in [-0.25, -0.2) is 0 Å². The number of hydrogen-bond donors (Lipinski definition) is 2. The van der Waals surface area contributed by atoms with Crippen LogP contribution >= 0.6 is 0 Å². The van der Waals surface area contributed by atoms with Crippen molar-refractivity contribution in [1.82, 2.24) is 14.7 Å². The molecule has 1 aliphatic rings. The lowest BCUT2D eigenvalue weighted by Gasteiger charge is -2.14. The van der Waals surface area contributed by atoms with Crippen LogP contribution in [0.1, 0.15) is 26.3 Å². The lowest BCUT2D eigenvalue weighted by atomic mass is 9.93. The number of hydrogen-bond acceptors (Lipinski definition) is 5. The lowest BCUT2D eigenvalue weighted by molar-refractivity contribution is 0.0794. The van der Waals surface area contributed by atoms with Gasteiger partial charge in [0.2, 0.25) is 5.91 Å². The molecule has 8 nitrogen and oxygen atoms in total. The van der Waals surface area contributed by atoms with Crippen LogP contribution in [0, 0.1) is 11.3 Å². The van der Waals surface area contributed by atoms with E-state index in [1.54, 1.807) is 30.1 Å². The van der Waals surface area contributed by atoms with E-state index in [9.17, 15) is 9.59 Å². The largest absolute Gasteiger partial charge is 0.398 e. The summed E-state index contributed by atoms with van der Waals surface area (Å²) in [7, 11) is 1.78. The van der Waals surface area contributed by atoms with Gasteiger partial charge in [-0.05, 0) is 34.9 Å². The number of aryl methyl sites for hydroxylation is 1.